The van der Waals surface area contributed by atoms with Crippen LogP contribution in [0.4, 0.5) is 8.78 Å². The summed E-state index contributed by atoms with van der Waals surface area (Å²) in [5, 5.41) is 0. The van der Waals surface area contributed by atoms with Crippen LogP contribution in [0.25, 0.3) is 0 Å². The molecule has 0 radical (unpaired) electrons. The first kappa shape index (κ1) is 16.1. The van der Waals surface area contributed by atoms with E-state index in [1.54, 1.807) is 45.2 Å². The number of hydrogen-bond acceptors (Lipinski definition) is 3. The van der Waals surface area contributed by atoms with Crippen LogP contribution in [0.15, 0.2) is 30.3 Å². The molecule has 0 unspecified atom stereocenters. The number of rotatable bonds is 6. The molecular weight excluding hydrogens is 290 g/mol. The van der Waals surface area contributed by atoms with E-state index in [1.165, 1.54) is 6.07 Å². The van der Waals surface area contributed by atoms with Gasteiger partial charge in [0.1, 0.15) is 12.4 Å². The minimum absolute atomic E-state index is 0.100. The van der Waals surface area contributed by atoms with Crippen LogP contribution >= 0.6 is 0 Å². The monoisotopic (exact) mass is 308 g/mol. The Hall–Kier alpha value is -2.30. The van der Waals surface area contributed by atoms with Gasteiger partial charge in [0.2, 0.25) is 11.6 Å². The number of hydrogen-bond donors (Lipinski definition) is 0. The summed E-state index contributed by atoms with van der Waals surface area (Å²) in [6.45, 7) is 3.76. The van der Waals surface area contributed by atoms with E-state index >= 15 is 0 Å². The van der Waals surface area contributed by atoms with E-state index in [4.69, 9.17) is 14.2 Å². The Morgan fingerprint density at radius 2 is 1.68 bits per heavy atom. The topological polar surface area (TPSA) is 27.7 Å². The van der Waals surface area contributed by atoms with Crippen molar-refractivity contribution in [1.29, 1.82) is 0 Å². The first-order valence-electron chi connectivity index (χ1n) is 6.94. The number of methoxy groups -OCH3 is 1. The molecule has 0 aliphatic rings. The molecule has 0 saturated carbocycles. The van der Waals surface area contributed by atoms with E-state index in [-0.39, 0.29) is 24.7 Å². The van der Waals surface area contributed by atoms with Crippen LogP contribution in [-0.2, 0) is 6.61 Å². The van der Waals surface area contributed by atoms with Gasteiger partial charge in [-0.15, -0.1) is 0 Å². The number of ether oxygens (including phenoxy) is 3. The van der Waals surface area contributed by atoms with Gasteiger partial charge in [0.15, 0.2) is 11.5 Å². The molecule has 0 aliphatic carbocycles. The number of halogens is 2. The maximum atomic E-state index is 14.1. The van der Waals surface area contributed by atoms with Gasteiger partial charge in [-0.25, -0.2) is 0 Å². The van der Waals surface area contributed by atoms with Crippen LogP contribution in [0.3, 0.4) is 0 Å². The molecular formula is C17H18F2O3. The molecule has 0 bridgehead atoms. The second-order valence-corrected chi connectivity index (χ2v) is 4.72. The largest absolute Gasteiger partial charge is 0.497 e. The zero-order valence-electron chi connectivity index (χ0n) is 12.8. The van der Waals surface area contributed by atoms with Gasteiger partial charge in [-0.3, -0.25) is 0 Å². The van der Waals surface area contributed by atoms with Gasteiger partial charge in [-0.1, -0.05) is 12.1 Å². The molecule has 118 valence electrons. The summed E-state index contributed by atoms with van der Waals surface area (Å²) in [6.07, 6.45) is 0. The minimum atomic E-state index is -1.03. The van der Waals surface area contributed by atoms with E-state index in [2.05, 4.69) is 0 Å². The lowest BCUT2D eigenvalue weighted by Crippen LogP contribution is -2.04. The maximum Gasteiger partial charge on any atom is 0.204 e. The highest BCUT2D eigenvalue weighted by Crippen LogP contribution is 2.32. The predicted molar refractivity (Wildman–Crippen MR) is 79.6 cm³/mol. The second kappa shape index (κ2) is 7.11. The quantitative estimate of drug-likeness (QED) is 0.798. The minimum Gasteiger partial charge on any atom is -0.497 e. The molecule has 2 aromatic carbocycles. The fourth-order valence-electron chi connectivity index (χ4n) is 2.02. The van der Waals surface area contributed by atoms with Gasteiger partial charge in [0.25, 0.3) is 0 Å². The molecule has 3 nitrogen and oxygen atoms in total. The summed E-state index contributed by atoms with van der Waals surface area (Å²) in [4.78, 5) is 0. The Morgan fingerprint density at radius 1 is 1.00 bits per heavy atom. The highest BCUT2D eigenvalue weighted by Gasteiger charge is 2.18. The van der Waals surface area contributed by atoms with Gasteiger partial charge in [-0.05, 0) is 43.2 Å². The van der Waals surface area contributed by atoms with E-state index in [0.717, 1.165) is 11.3 Å². The molecule has 0 amide bonds. The first-order chi connectivity index (χ1) is 10.6. The van der Waals surface area contributed by atoms with Crippen molar-refractivity contribution in [2.24, 2.45) is 0 Å². The third-order valence-electron chi connectivity index (χ3n) is 3.16. The highest BCUT2D eigenvalue weighted by molar-refractivity contribution is 5.42. The van der Waals surface area contributed by atoms with Crippen LogP contribution in [0.1, 0.15) is 18.1 Å². The van der Waals surface area contributed by atoms with Crippen LogP contribution in [0, 0.1) is 18.6 Å². The Morgan fingerprint density at radius 3 is 2.27 bits per heavy atom. The first-order valence-corrected chi connectivity index (χ1v) is 6.94. The Labute approximate surface area is 128 Å². The number of aryl methyl sites for hydroxylation is 1. The molecule has 0 spiro atoms. The summed E-state index contributed by atoms with van der Waals surface area (Å²) in [7, 11) is 1.58. The van der Waals surface area contributed by atoms with Crippen molar-refractivity contribution < 1.29 is 23.0 Å². The number of benzene rings is 2. The summed E-state index contributed by atoms with van der Waals surface area (Å²) in [5.41, 5.74) is 1.31. The molecule has 0 saturated heterocycles. The summed E-state index contributed by atoms with van der Waals surface area (Å²) < 4.78 is 43.5. The van der Waals surface area contributed by atoms with Crippen LogP contribution in [0.2, 0.25) is 0 Å². The molecule has 2 rings (SSSR count). The summed E-state index contributed by atoms with van der Waals surface area (Å²) in [5.74, 6) is -1.54. The van der Waals surface area contributed by atoms with Crippen molar-refractivity contribution in [3.8, 4) is 17.2 Å². The van der Waals surface area contributed by atoms with E-state index in [0.29, 0.717) is 5.56 Å². The fourth-order valence-corrected chi connectivity index (χ4v) is 2.02. The second-order valence-electron chi connectivity index (χ2n) is 4.72. The lowest BCUT2D eigenvalue weighted by atomic mass is 10.2. The lowest BCUT2D eigenvalue weighted by Gasteiger charge is -2.13. The molecule has 0 heterocycles. The van der Waals surface area contributed by atoms with E-state index in [9.17, 15) is 8.78 Å². The van der Waals surface area contributed by atoms with Crippen molar-refractivity contribution in [2.45, 2.75) is 20.5 Å². The van der Waals surface area contributed by atoms with Gasteiger partial charge in [0, 0.05) is 0 Å². The third kappa shape index (κ3) is 3.47. The smallest absolute Gasteiger partial charge is 0.204 e. The maximum absolute atomic E-state index is 14.1. The van der Waals surface area contributed by atoms with Crippen molar-refractivity contribution >= 4 is 0 Å². The normalized spacial score (nSPS) is 10.4. The molecule has 5 heteroatoms. The van der Waals surface area contributed by atoms with Crippen molar-refractivity contribution in [3.63, 3.8) is 0 Å². The predicted octanol–water partition coefficient (Wildman–Crippen LogP) is 4.26. The molecule has 0 aliphatic heterocycles. The van der Waals surface area contributed by atoms with Crippen molar-refractivity contribution in [2.75, 3.05) is 13.7 Å². The third-order valence-corrected chi connectivity index (χ3v) is 3.16. The molecule has 0 fully saturated rings. The zero-order valence-corrected chi connectivity index (χ0v) is 12.8. The van der Waals surface area contributed by atoms with Gasteiger partial charge in [0.05, 0.1) is 13.7 Å². The standard InChI is InChI=1S/C17H18F2O3/c1-4-21-14-9-11(2)17(16(19)15(14)18)22-10-12-5-7-13(20-3)8-6-12/h5-9H,4,10H2,1-3H3. The van der Waals surface area contributed by atoms with Crippen molar-refractivity contribution in [1.82, 2.24) is 0 Å². The van der Waals surface area contributed by atoms with Crippen LogP contribution in [0.5, 0.6) is 17.2 Å². The SMILES string of the molecule is CCOc1cc(C)c(OCc2ccc(OC)cc2)c(F)c1F. The van der Waals surface area contributed by atoms with Crippen LogP contribution < -0.4 is 14.2 Å². The van der Waals surface area contributed by atoms with Crippen molar-refractivity contribution in [3.05, 3.63) is 53.1 Å². The fraction of sp³-hybridized carbons (Fsp3) is 0.294. The Bertz CT molecular complexity index is 639. The molecule has 22 heavy (non-hydrogen) atoms. The van der Waals surface area contributed by atoms with Gasteiger partial charge in [-0.2, -0.15) is 8.78 Å². The Balaban J connectivity index is 2.16. The lowest BCUT2D eigenvalue weighted by molar-refractivity contribution is 0.272. The summed E-state index contributed by atoms with van der Waals surface area (Å²) in [6, 6.07) is 8.60. The van der Waals surface area contributed by atoms with Crippen LogP contribution in [-0.4, -0.2) is 13.7 Å². The highest BCUT2D eigenvalue weighted by atomic mass is 19.2. The zero-order chi connectivity index (χ0) is 16.1. The average Bonchev–Trinajstić information content (AvgIpc) is 2.53. The van der Waals surface area contributed by atoms with Gasteiger partial charge >= 0.3 is 0 Å². The molecule has 0 atom stereocenters. The van der Waals surface area contributed by atoms with E-state index in [1.807, 2.05) is 0 Å². The van der Waals surface area contributed by atoms with E-state index < -0.39 is 11.6 Å². The Kier molecular flexibility index (Phi) is 5.20. The molecule has 2 aromatic rings. The van der Waals surface area contributed by atoms with Gasteiger partial charge < -0.3 is 14.2 Å². The molecule has 0 aromatic heterocycles. The average molecular weight is 308 g/mol. The molecule has 0 N–H and O–H groups in total. The summed E-state index contributed by atoms with van der Waals surface area (Å²) >= 11 is 0.